The smallest absolute Gasteiger partial charge is 0.308 e. The number of alkyl halides is 3. The molecule has 0 spiro atoms. The summed E-state index contributed by atoms with van der Waals surface area (Å²) in [6.07, 6.45) is -3.74. The lowest BCUT2D eigenvalue weighted by atomic mass is 10.1. The van der Waals surface area contributed by atoms with Gasteiger partial charge in [0.15, 0.2) is 0 Å². The zero-order valence-corrected chi connectivity index (χ0v) is 9.76. The van der Waals surface area contributed by atoms with Crippen LogP contribution in [0.1, 0.15) is 5.56 Å². The van der Waals surface area contributed by atoms with Crippen molar-refractivity contribution in [3.8, 4) is 0 Å². The fourth-order valence-corrected chi connectivity index (χ4v) is 1.68. The molecule has 90 valence electrons. The van der Waals surface area contributed by atoms with Crippen LogP contribution in [-0.4, -0.2) is 19.3 Å². The van der Waals surface area contributed by atoms with Crippen molar-refractivity contribution in [2.75, 3.05) is 13.1 Å². The number of benzene rings is 1. The largest absolute Gasteiger partial charge is 0.401 e. The molecule has 1 N–H and O–H groups in total. The highest BCUT2D eigenvalue weighted by atomic mass is 35.5. The summed E-state index contributed by atoms with van der Waals surface area (Å²) >= 11 is 11.6. The van der Waals surface area contributed by atoms with Gasteiger partial charge in [-0.3, -0.25) is 0 Å². The van der Waals surface area contributed by atoms with Gasteiger partial charge in [-0.25, -0.2) is 0 Å². The van der Waals surface area contributed by atoms with Crippen LogP contribution in [0.25, 0.3) is 0 Å². The third kappa shape index (κ3) is 5.05. The van der Waals surface area contributed by atoms with Crippen molar-refractivity contribution in [3.05, 3.63) is 33.8 Å². The minimum Gasteiger partial charge on any atom is -0.308 e. The quantitative estimate of drug-likeness (QED) is 0.824. The molecule has 0 aliphatic rings. The third-order valence-corrected chi connectivity index (χ3v) is 2.50. The Balaban J connectivity index is 2.38. The van der Waals surface area contributed by atoms with Crippen molar-refractivity contribution in [2.45, 2.75) is 12.6 Å². The molecular weight excluding hydrogens is 262 g/mol. The van der Waals surface area contributed by atoms with Crippen LogP contribution >= 0.6 is 23.2 Å². The van der Waals surface area contributed by atoms with Gasteiger partial charge in [-0.05, 0) is 30.7 Å². The molecule has 0 amide bonds. The van der Waals surface area contributed by atoms with Crippen molar-refractivity contribution in [1.82, 2.24) is 5.32 Å². The lowest BCUT2D eigenvalue weighted by molar-refractivity contribution is -0.124. The Morgan fingerprint density at radius 3 is 2.44 bits per heavy atom. The average molecular weight is 272 g/mol. The molecule has 0 fully saturated rings. The van der Waals surface area contributed by atoms with Gasteiger partial charge < -0.3 is 5.32 Å². The van der Waals surface area contributed by atoms with Crippen molar-refractivity contribution in [2.24, 2.45) is 0 Å². The van der Waals surface area contributed by atoms with Gasteiger partial charge in [0.25, 0.3) is 0 Å². The summed E-state index contributed by atoms with van der Waals surface area (Å²) in [4.78, 5) is 0. The van der Waals surface area contributed by atoms with E-state index in [0.29, 0.717) is 16.5 Å². The molecule has 0 aliphatic carbocycles. The Hall–Kier alpha value is -0.450. The summed E-state index contributed by atoms with van der Waals surface area (Å²) < 4.78 is 35.4. The van der Waals surface area contributed by atoms with Crippen molar-refractivity contribution in [1.29, 1.82) is 0 Å². The molecule has 0 heterocycles. The molecule has 0 unspecified atom stereocenters. The first-order valence-electron chi connectivity index (χ1n) is 4.60. The summed E-state index contributed by atoms with van der Waals surface area (Å²) in [7, 11) is 0. The third-order valence-electron chi connectivity index (χ3n) is 1.91. The molecule has 16 heavy (non-hydrogen) atoms. The van der Waals surface area contributed by atoms with E-state index in [2.05, 4.69) is 5.32 Å². The highest BCUT2D eigenvalue weighted by Crippen LogP contribution is 2.21. The van der Waals surface area contributed by atoms with Crippen LogP contribution in [0.15, 0.2) is 18.2 Å². The molecular formula is C10H10Cl2F3N. The highest BCUT2D eigenvalue weighted by Gasteiger charge is 2.25. The predicted molar refractivity (Wildman–Crippen MR) is 59.1 cm³/mol. The lowest BCUT2D eigenvalue weighted by Gasteiger charge is -2.09. The molecule has 1 nitrogen and oxygen atoms in total. The fraction of sp³-hybridized carbons (Fsp3) is 0.400. The summed E-state index contributed by atoms with van der Waals surface area (Å²) in [5.74, 6) is 0. The Kier molecular flexibility index (Phi) is 4.89. The summed E-state index contributed by atoms with van der Waals surface area (Å²) in [5, 5.41) is 3.28. The Labute approximate surface area is 102 Å². The van der Waals surface area contributed by atoms with Crippen molar-refractivity contribution in [3.63, 3.8) is 0 Å². The minimum atomic E-state index is -4.18. The van der Waals surface area contributed by atoms with Crippen LogP contribution in [0.5, 0.6) is 0 Å². The van der Waals surface area contributed by atoms with Crippen LogP contribution in [0, 0.1) is 0 Å². The second kappa shape index (κ2) is 5.75. The molecule has 6 heteroatoms. The second-order valence-corrected chi connectivity index (χ2v) is 4.12. The topological polar surface area (TPSA) is 12.0 Å². The van der Waals surface area contributed by atoms with Crippen LogP contribution in [-0.2, 0) is 6.42 Å². The van der Waals surface area contributed by atoms with Crippen molar-refractivity contribution >= 4 is 23.2 Å². The number of rotatable bonds is 4. The van der Waals surface area contributed by atoms with Gasteiger partial charge in [-0.15, -0.1) is 0 Å². The van der Waals surface area contributed by atoms with Gasteiger partial charge in [0.2, 0.25) is 0 Å². The van der Waals surface area contributed by atoms with Crippen LogP contribution in [0.3, 0.4) is 0 Å². The van der Waals surface area contributed by atoms with Gasteiger partial charge in [-0.2, -0.15) is 13.2 Å². The van der Waals surface area contributed by atoms with Gasteiger partial charge >= 0.3 is 6.18 Å². The van der Waals surface area contributed by atoms with E-state index in [4.69, 9.17) is 23.2 Å². The Bertz CT molecular complexity index is 352. The Morgan fingerprint density at radius 2 is 1.88 bits per heavy atom. The number of hydrogen-bond acceptors (Lipinski definition) is 1. The zero-order valence-electron chi connectivity index (χ0n) is 8.24. The van der Waals surface area contributed by atoms with Gasteiger partial charge in [-0.1, -0.05) is 29.3 Å². The zero-order chi connectivity index (χ0) is 12.2. The summed E-state index contributed by atoms with van der Waals surface area (Å²) in [6.45, 7) is -0.765. The van der Waals surface area contributed by atoms with E-state index in [9.17, 15) is 13.2 Å². The number of nitrogens with one attached hydrogen (secondary N) is 1. The fourth-order valence-electron chi connectivity index (χ4n) is 1.18. The summed E-state index contributed by atoms with van der Waals surface area (Å²) in [6, 6.07) is 4.94. The first-order chi connectivity index (χ1) is 7.38. The first-order valence-corrected chi connectivity index (χ1v) is 5.35. The van der Waals surface area contributed by atoms with E-state index in [0.717, 1.165) is 5.56 Å². The van der Waals surface area contributed by atoms with Gasteiger partial charge in [0.05, 0.1) is 6.54 Å². The molecule has 0 bridgehead atoms. The van der Waals surface area contributed by atoms with E-state index in [1.165, 1.54) is 0 Å². The van der Waals surface area contributed by atoms with E-state index < -0.39 is 12.7 Å². The standard InChI is InChI=1S/C10H10Cl2F3N/c11-8-2-1-7(9(12)5-8)3-4-16-6-10(13,14)15/h1-2,5,16H,3-4,6H2. The first kappa shape index (κ1) is 13.6. The predicted octanol–water partition coefficient (Wildman–Crippen LogP) is 3.69. The lowest BCUT2D eigenvalue weighted by Crippen LogP contribution is -2.30. The second-order valence-electron chi connectivity index (χ2n) is 3.28. The maximum absolute atomic E-state index is 11.8. The van der Waals surface area contributed by atoms with Crippen LogP contribution in [0.2, 0.25) is 10.0 Å². The van der Waals surface area contributed by atoms with E-state index in [1.54, 1.807) is 18.2 Å². The molecule has 1 aromatic rings. The van der Waals surface area contributed by atoms with E-state index in [-0.39, 0.29) is 6.54 Å². The van der Waals surface area contributed by atoms with Crippen LogP contribution in [0.4, 0.5) is 13.2 Å². The molecule has 1 aromatic carbocycles. The summed E-state index contributed by atoms with van der Waals surface area (Å²) in [5.41, 5.74) is 0.778. The number of halogens is 5. The Morgan fingerprint density at radius 1 is 1.19 bits per heavy atom. The average Bonchev–Trinajstić information content (AvgIpc) is 2.13. The molecule has 0 aliphatic heterocycles. The molecule has 0 saturated heterocycles. The van der Waals surface area contributed by atoms with Crippen molar-refractivity contribution < 1.29 is 13.2 Å². The van der Waals surface area contributed by atoms with E-state index in [1.807, 2.05) is 0 Å². The van der Waals surface area contributed by atoms with Crippen LogP contribution < -0.4 is 5.32 Å². The molecule has 0 atom stereocenters. The minimum absolute atomic E-state index is 0.223. The van der Waals surface area contributed by atoms with Gasteiger partial charge in [0.1, 0.15) is 0 Å². The maximum atomic E-state index is 11.8. The molecule has 0 saturated carbocycles. The molecule has 0 radical (unpaired) electrons. The highest BCUT2D eigenvalue weighted by molar-refractivity contribution is 6.35. The maximum Gasteiger partial charge on any atom is 0.401 e. The normalized spacial score (nSPS) is 11.8. The van der Waals surface area contributed by atoms with Gasteiger partial charge in [0, 0.05) is 10.0 Å². The molecule has 1 rings (SSSR count). The number of hydrogen-bond donors (Lipinski definition) is 1. The SMILES string of the molecule is FC(F)(F)CNCCc1ccc(Cl)cc1Cl. The van der Waals surface area contributed by atoms with E-state index >= 15 is 0 Å². The molecule has 0 aromatic heterocycles. The monoisotopic (exact) mass is 271 g/mol.